The summed E-state index contributed by atoms with van der Waals surface area (Å²) in [6.07, 6.45) is 2.90. The van der Waals surface area contributed by atoms with Crippen molar-refractivity contribution in [1.29, 1.82) is 0 Å². The van der Waals surface area contributed by atoms with E-state index in [1.807, 2.05) is 19.2 Å². The van der Waals surface area contributed by atoms with Crippen LogP contribution in [0.5, 0.6) is 5.75 Å². The van der Waals surface area contributed by atoms with Gasteiger partial charge in [0.05, 0.1) is 12.6 Å². The number of hydrogen-bond donors (Lipinski definition) is 1. The van der Waals surface area contributed by atoms with Crippen LogP contribution in [0, 0.1) is 0 Å². The minimum absolute atomic E-state index is 0.000928. The van der Waals surface area contributed by atoms with Crippen molar-refractivity contribution in [2.75, 3.05) is 13.7 Å². The molecule has 0 saturated carbocycles. The van der Waals surface area contributed by atoms with Crippen LogP contribution < -0.4 is 10.1 Å². The molecule has 5 heteroatoms. The molecule has 19 heavy (non-hydrogen) atoms. The van der Waals surface area contributed by atoms with Crippen LogP contribution >= 0.6 is 15.9 Å². The molecule has 0 aliphatic carbocycles. The zero-order valence-corrected chi connectivity index (χ0v) is 12.9. The van der Waals surface area contributed by atoms with Crippen LogP contribution in [-0.4, -0.2) is 24.1 Å². The number of nitrogens with one attached hydrogen (secondary N) is 1. The number of carbonyl (C=O) groups excluding carboxylic acids is 1. The molecule has 0 radical (unpaired) electrons. The predicted octanol–water partition coefficient (Wildman–Crippen LogP) is 2.63. The zero-order valence-electron chi connectivity index (χ0n) is 11.3. The molecule has 0 aliphatic rings. The summed E-state index contributed by atoms with van der Waals surface area (Å²) in [5.74, 6) is 0.824. The van der Waals surface area contributed by atoms with Crippen molar-refractivity contribution in [2.24, 2.45) is 7.05 Å². The van der Waals surface area contributed by atoms with Crippen molar-refractivity contribution >= 4 is 32.7 Å². The number of carbonyl (C=O) groups is 1. The Hall–Kier alpha value is -1.49. The summed E-state index contributed by atoms with van der Waals surface area (Å²) in [4.78, 5) is 10.9. The van der Waals surface area contributed by atoms with E-state index in [4.69, 9.17) is 4.74 Å². The molecule has 0 spiro atoms. The summed E-state index contributed by atoms with van der Waals surface area (Å²) < 4.78 is 8.40. The highest BCUT2D eigenvalue weighted by Crippen LogP contribution is 2.32. The van der Waals surface area contributed by atoms with Gasteiger partial charge in [0.1, 0.15) is 5.75 Å². The fraction of sp³-hybridized carbons (Fsp3) is 0.357. The lowest BCUT2D eigenvalue weighted by atomic mass is 10.1. The first-order chi connectivity index (χ1) is 9.02. The number of methoxy groups -OCH3 is 1. The smallest absolute Gasteiger partial charge is 0.216 e. The van der Waals surface area contributed by atoms with Gasteiger partial charge in [-0.2, -0.15) is 0 Å². The molecule has 1 amide bonds. The second kappa shape index (κ2) is 5.65. The van der Waals surface area contributed by atoms with E-state index in [1.54, 1.807) is 7.11 Å². The minimum Gasteiger partial charge on any atom is -0.497 e. The van der Waals surface area contributed by atoms with E-state index in [1.165, 1.54) is 12.5 Å². The average molecular weight is 325 g/mol. The van der Waals surface area contributed by atoms with Crippen molar-refractivity contribution in [1.82, 2.24) is 9.88 Å². The number of fused-ring (bicyclic) bond motifs is 1. The normalized spacial score (nSPS) is 10.7. The topological polar surface area (TPSA) is 43.3 Å². The van der Waals surface area contributed by atoms with Crippen molar-refractivity contribution < 1.29 is 9.53 Å². The lowest BCUT2D eigenvalue weighted by Crippen LogP contribution is -2.22. The second-order valence-corrected chi connectivity index (χ2v) is 5.36. The van der Waals surface area contributed by atoms with Crippen LogP contribution in [0.2, 0.25) is 0 Å². The van der Waals surface area contributed by atoms with E-state index in [0.717, 1.165) is 27.5 Å². The van der Waals surface area contributed by atoms with Crippen molar-refractivity contribution in [3.05, 3.63) is 28.4 Å². The van der Waals surface area contributed by atoms with Crippen LogP contribution in [0.15, 0.2) is 22.8 Å². The molecular formula is C14H17BrN2O2. The van der Waals surface area contributed by atoms with Crippen molar-refractivity contribution in [3.63, 3.8) is 0 Å². The van der Waals surface area contributed by atoms with Crippen LogP contribution in [-0.2, 0) is 18.3 Å². The maximum atomic E-state index is 10.9. The Balaban J connectivity index is 2.38. The minimum atomic E-state index is -0.000928. The Morgan fingerprint density at radius 1 is 1.47 bits per heavy atom. The summed E-state index contributed by atoms with van der Waals surface area (Å²) >= 11 is 3.57. The fourth-order valence-corrected chi connectivity index (χ4v) is 2.95. The maximum absolute atomic E-state index is 10.9. The number of aryl methyl sites for hydroxylation is 1. The molecule has 0 saturated heterocycles. The summed E-state index contributed by atoms with van der Waals surface area (Å²) in [6.45, 7) is 2.17. The quantitative estimate of drug-likeness (QED) is 0.939. The third-order valence-electron chi connectivity index (χ3n) is 3.09. The number of nitrogens with zero attached hydrogens (tertiary/aromatic N) is 1. The van der Waals surface area contributed by atoms with Gasteiger partial charge in [-0.05, 0) is 40.0 Å². The van der Waals surface area contributed by atoms with Gasteiger partial charge in [-0.3, -0.25) is 4.79 Å². The second-order valence-electron chi connectivity index (χ2n) is 4.50. The third kappa shape index (κ3) is 2.92. The van der Waals surface area contributed by atoms with Gasteiger partial charge in [0.25, 0.3) is 0 Å². The van der Waals surface area contributed by atoms with Crippen LogP contribution in [0.25, 0.3) is 10.9 Å². The predicted molar refractivity (Wildman–Crippen MR) is 79.6 cm³/mol. The first-order valence-electron chi connectivity index (χ1n) is 6.08. The molecule has 1 N–H and O–H groups in total. The number of amides is 1. The van der Waals surface area contributed by atoms with Gasteiger partial charge in [0.2, 0.25) is 5.91 Å². The lowest BCUT2D eigenvalue weighted by molar-refractivity contribution is -0.118. The summed E-state index contributed by atoms with van der Waals surface area (Å²) in [6, 6.07) is 3.99. The number of hydrogen-bond acceptors (Lipinski definition) is 2. The van der Waals surface area contributed by atoms with E-state index < -0.39 is 0 Å². The Kier molecular flexibility index (Phi) is 4.14. The molecule has 0 bridgehead atoms. The molecule has 1 aromatic carbocycles. The van der Waals surface area contributed by atoms with Crippen molar-refractivity contribution in [3.8, 4) is 5.75 Å². The first-order valence-corrected chi connectivity index (χ1v) is 6.88. The highest BCUT2D eigenvalue weighted by Gasteiger charge is 2.11. The largest absolute Gasteiger partial charge is 0.497 e. The molecule has 102 valence electrons. The number of ether oxygens (including phenoxy) is 1. The molecule has 2 aromatic rings. The monoisotopic (exact) mass is 324 g/mol. The highest BCUT2D eigenvalue weighted by molar-refractivity contribution is 9.10. The average Bonchev–Trinajstić information content (AvgIpc) is 2.66. The standard InChI is InChI=1S/C14H17BrN2O2/c1-9(18)16-5-4-10-8-17(2)14-12(10)6-11(19-3)7-13(14)15/h6-8H,4-5H2,1-3H3,(H,16,18). The van der Waals surface area contributed by atoms with Crippen LogP contribution in [0.1, 0.15) is 12.5 Å². The van der Waals surface area contributed by atoms with E-state index in [-0.39, 0.29) is 5.91 Å². The molecule has 1 heterocycles. The zero-order chi connectivity index (χ0) is 14.0. The summed E-state index contributed by atoms with van der Waals surface area (Å²) in [5.41, 5.74) is 2.34. The van der Waals surface area contributed by atoms with E-state index in [9.17, 15) is 4.79 Å². The first kappa shape index (κ1) is 13.9. The highest BCUT2D eigenvalue weighted by atomic mass is 79.9. The Morgan fingerprint density at radius 2 is 2.21 bits per heavy atom. The van der Waals surface area contributed by atoms with Gasteiger partial charge in [-0.15, -0.1) is 0 Å². The molecular weight excluding hydrogens is 308 g/mol. The molecule has 4 nitrogen and oxygen atoms in total. The lowest BCUT2D eigenvalue weighted by Gasteiger charge is -2.05. The third-order valence-corrected chi connectivity index (χ3v) is 3.69. The molecule has 1 aromatic heterocycles. The Morgan fingerprint density at radius 3 is 2.84 bits per heavy atom. The molecule has 0 fully saturated rings. The molecule has 2 rings (SSSR count). The number of aromatic nitrogens is 1. The maximum Gasteiger partial charge on any atom is 0.216 e. The molecule has 0 aliphatic heterocycles. The van der Waals surface area contributed by atoms with Gasteiger partial charge < -0.3 is 14.6 Å². The van der Waals surface area contributed by atoms with Gasteiger partial charge >= 0.3 is 0 Å². The van der Waals surface area contributed by atoms with E-state index in [2.05, 4.69) is 32.0 Å². The number of benzene rings is 1. The van der Waals surface area contributed by atoms with E-state index in [0.29, 0.717) is 6.54 Å². The van der Waals surface area contributed by atoms with E-state index >= 15 is 0 Å². The van der Waals surface area contributed by atoms with Gasteiger partial charge in [-0.25, -0.2) is 0 Å². The Bertz CT molecular complexity index is 619. The number of rotatable bonds is 4. The molecule has 0 unspecified atom stereocenters. The molecule has 0 atom stereocenters. The van der Waals surface area contributed by atoms with Crippen LogP contribution in [0.4, 0.5) is 0 Å². The van der Waals surface area contributed by atoms with Crippen LogP contribution in [0.3, 0.4) is 0 Å². The van der Waals surface area contributed by atoms with Gasteiger partial charge in [0.15, 0.2) is 0 Å². The fourth-order valence-electron chi connectivity index (χ4n) is 2.24. The van der Waals surface area contributed by atoms with Crippen molar-refractivity contribution in [2.45, 2.75) is 13.3 Å². The Labute approximate surface area is 120 Å². The SMILES string of the molecule is COc1cc(Br)c2c(c1)c(CCNC(C)=O)cn2C. The van der Waals surface area contributed by atoms with Gasteiger partial charge in [-0.1, -0.05) is 0 Å². The summed E-state index contributed by atoms with van der Waals surface area (Å²) in [7, 11) is 3.68. The summed E-state index contributed by atoms with van der Waals surface area (Å²) in [5, 5.41) is 3.97. The number of halogens is 1. The van der Waals surface area contributed by atoms with Gasteiger partial charge in [0, 0.05) is 36.6 Å².